The van der Waals surface area contributed by atoms with E-state index in [2.05, 4.69) is 56.2 Å². The standard InChI is InChI=1S/C36H41ClN8O3/c1-24-38-31(48-41-24)11-12-32(46)44-19-13-26(21-44)42(2)34-27-14-20-43(30-10-4-8-25-7-3-9-28(37)33(25)30)22-29(27)39-35(40-34)47-23-36-15-5-17-45(36)18-6-16-36/h3-4,7-12,26H,5-6,13-23H2,1-2H3/b12-11+/t26-/m1/s1. The smallest absolute Gasteiger partial charge is 0.318 e. The Balaban J connectivity index is 1.07. The van der Waals surface area contributed by atoms with Gasteiger partial charge in [-0.1, -0.05) is 41.0 Å². The van der Waals surface area contributed by atoms with Gasteiger partial charge in [0, 0.05) is 61.5 Å². The highest BCUT2D eigenvalue weighted by atomic mass is 35.5. The van der Waals surface area contributed by atoms with E-state index in [1.165, 1.54) is 18.9 Å². The second-order valence-corrected chi connectivity index (χ2v) is 14.0. The fraction of sp³-hybridized carbons (Fsp3) is 0.472. The molecule has 8 rings (SSSR count). The van der Waals surface area contributed by atoms with Gasteiger partial charge >= 0.3 is 6.01 Å². The summed E-state index contributed by atoms with van der Waals surface area (Å²) in [5, 5.41) is 6.73. The molecule has 12 heteroatoms. The second-order valence-electron chi connectivity index (χ2n) is 13.6. The molecule has 250 valence electrons. The summed E-state index contributed by atoms with van der Waals surface area (Å²) in [4.78, 5) is 36.5. The Labute approximate surface area is 285 Å². The van der Waals surface area contributed by atoms with Gasteiger partial charge in [0.2, 0.25) is 5.91 Å². The molecule has 0 N–H and O–H groups in total. The zero-order chi connectivity index (χ0) is 32.8. The van der Waals surface area contributed by atoms with Gasteiger partial charge in [-0.2, -0.15) is 15.0 Å². The number of halogens is 1. The van der Waals surface area contributed by atoms with E-state index >= 15 is 0 Å². The first-order valence-corrected chi connectivity index (χ1v) is 17.4. The van der Waals surface area contributed by atoms with Gasteiger partial charge < -0.3 is 24.0 Å². The summed E-state index contributed by atoms with van der Waals surface area (Å²) in [6.07, 6.45) is 9.46. The third-order valence-electron chi connectivity index (χ3n) is 10.7. The highest BCUT2D eigenvalue weighted by molar-refractivity contribution is 6.36. The Kier molecular flexibility index (Phi) is 8.20. The van der Waals surface area contributed by atoms with Crippen LogP contribution >= 0.6 is 11.6 Å². The number of carbonyl (C=O) groups excluding carboxylic acids is 1. The van der Waals surface area contributed by atoms with Gasteiger partial charge in [-0.3, -0.25) is 9.69 Å². The maximum Gasteiger partial charge on any atom is 0.318 e. The van der Waals surface area contributed by atoms with Crippen molar-refractivity contribution in [1.82, 2.24) is 29.9 Å². The molecule has 1 amide bonds. The van der Waals surface area contributed by atoms with Crippen molar-refractivity contribution < 1.29 is 14.1 Å². The van der Waals surface area contributed by atoms with Gasteiger partial charge in [0.15, 0.2) is 5.82 Å². The van der Waals surface area contributed by atoms with E-state index in [0.29, 0.717) is 44.0 Å². The van der Waals surface area contributed by atoms with Crippen molar-refractivity contribution in [3.05, 3.63) is 70.5 Å². The molecule has 4 aromatic rings. The second kappa shape index (κ2) is 12.7. The number of likely N-dealkylation sites (N-methyl/N-ethyl adjacent to an activating group) is 1. The third kappa shape index (κ3) is 5.77. The number of amides is 1. The lowest BCUT2D eigenvalue weighted by atomic mass is 9.95. The molecular weight excluding hydrogens is 628 g/mol. The Hall–Kier alpha value is -4.22. The summed E-state index contributed by atoms with van der Waals surface area (Å²) in [7, 11) is 2.09. The van der Waals surface area contributed by atoms with E-state index in [0.717, 1.165) is 83.9 Å². The molecule has 0 aliphatic carbocycles. The zero-order valence-corrected chi connectivity index (χ0v) is 28.3. The molecule has 0 spiro atoms. The van der Waals surface area contributed by atoms with E-state index < -0.39 is 0 Å². The molecule has 4 aliphatic rings. The molecule has 0 saturated carbocycles. The first kappa shape index (κ1) is 31.1. The number of nitrogens with zero attached hydrogens (tertiary/aromatic N) is 8. The van der Waals surface area contributed by atoms with Gasteiger partial charge in [0.1, 0.15) is 12.4 Å². The van der Waals surface area contributed by atoms with Crippen LogP contribution in [0.1, 0.15) is 55.1 Å². The Morgan fingerprint density at radius 3 is 2.71 bits per heavy atom. The predicted octanol–water partition coefficient (Wildman–Crippen LogP) is 5.30. The normalized spacial score (nSPS) is 20.5. The van der Waals surface area contributed by atoms with Crippen molar-refractivity contribution >= 4 is 45.9 Å². The van der Waals surface area contributed by atoms with E-state index in [1.54, 1.807) is 13.0 Å². The van der Waals surface area contributed by atoms with Crippen molar-refractivity contribution in [2.24, 2.45) is 0 Å². The molecule has 48 heavy (non-hydrogen) atoms. The van der Waals surface area contributed by atoms with Crippen LogP contribution < -0.4 is 14.5 Å². The first-order valence-electron chi connectivity index (χ1n) is 17.1. The Morgan fingerprint density at radius 1 is 1.10 bits per heavy atom. The topological polar surface area (TPSA) is 104 Å². The molecule has 2 aromatic carbocycles. The lowest BCUT2D eigenvalue weighted by molar-refractivity contribution is -0.124. The number of ether oxygens (including phenoxy) is 1. The Morgan fingerprint density at radius 2 is 1.92 bits per heavy atom. The van der Waals surface area contributed by atoms with Gasteiger partial charge in [-0.05, 0) is 76.1 Å². The summed E-state index contributed by atoms with van der Waals surface area (Å²) in [5.41, 5.74) is 3.33. The number of aromatic nitrogens is 4. The molecule has 3 fully saturated rings. The number of rotatable bonds is 8. The minimum Gasteiger partial charge on any atom is -0.461 e. The number of likely N-dealkylation sites (tertiary alicyclic amines) is 1. The molecular formula is C36H41ClN8O3. The van der Waals surface area contributed by atoms with Crippen LogP contribution in [-0.4, -0.2) is 93.8 Å². The van der Waals surface area contributed by atoms with Gasteiger partial charge in [0.05, 0.1) is 22.8 Å². The monoisotopic (exact) mass is 668 g/mol. The zero-order valence-electron chi connectivity index (χ0n) is 27.6. The first-order chi connectivity index (χ1) is 23.4. The summed E-state index contributed by atoms with van der Waals surface area (Å²) < 4.78 is 11.7. The fourth-order valence-corrected chi connectivity index (χ4v) is 8.49. The molecule has 3 saturated heterocycles. The number of hydrogen-bond acceptors (Lipinski definition) is 10. The molecule has 0 radical (unpaired) electrons. The SMILES string of the molecule is Cc1noc(/C=C/C(=O)N2CC[C@@H](N(C)c3nc(OCC45CCCN4CCC5)nc4c3CCN(c3cccc5cccc(Cl)c35)C4)C2)n1. The van der Waals surface area contributed by atoms with Gasteiger partial charge in [-0.25, -0.2) is 0 Å². The van der Waals surface area contributed by atoms with Crippen molar-refractivity contribution in [3.63, 3.8) is 0 Å². The molecule has 11 nitrogen and oxygen atoms in total. The average Bonchev–Trinajstić information content (AvgIpc) is 3.90. The number of fused-ring (bicyclic) bond motifs is 3. The van der Waals surface area contributed by atoms with Crippen molar-refractivity contribution in [1.29, 1.82) is 0 Å². The molecule has 0 unspecified atom stereocenters. The van der Waals surface area contributed by atoms with Crippen LogP contribution in [0.25, 0.3) is 16.8 Å². The van der Waals surface area contributed by atoms with Crippen molar-refractivity contribution in [2.75, 3.05) is 56.2 Å². The number of aryl methyl sites for hydroxylation is 1. The third-order valence-corrected chi connectivity index (χ3v) is 11.1. The van der Waals surface area contributed by atoms with E-state index in [-0.39, 0.29) is 17.5 Å². The van der Waals surface area contributed by atoms with E-state index in [4.69, 9.17) is 30.8 Å². The average molecular weight is 669 g/mol. The molecule has 6 heterocycles. The molecule has 2 aromatic heterocycles. The predicted molar refractivity (Wildman–Crippen MR) is 185 cm³/mol. The van der Waals surface area contributed by atoms with Crippen LogP contribution in [0.15, 0.2) is 47.0 Å². The van der Waals surface area contributed by atoms with Gasteiger partial charge in [0.25, 0.3) is 5.89 Å². The molecule has 1 atom stereocenters. The highest BCUT2D eigenvalue weighted by Crippen LogP contribution is 2.40. The van der Waals surface area contributed by atoms with Crippen LogP contribution in [0.3, 0.4) is 0 Å². The lowest BCUT2D eigenvalue weighted by Crippen LogP contribution is -2.44. The van der Waals surface area contributed by atoms with Crippen molar-refractivity contribution in [3.8, 4) is 6.01 Å². The number of anilines is 2. The van der Waals surface area contributed by atoms with Crippen molar-refractivity contribution in [2.45, 2.75) is 63.6 Å². The quantitative estimate of drug-likeness (QED) is 0.230. The van der Waals surface area contributed by atoms with Gasteiger partial charge in [-0.15, -0.1) is 0 Å². The van der Waals surface area contributed by atoms with Crippen LogP contribution in [-0.2, 0) is 17.8 Å². The lowest BCUT2D eigenvalue weighted by Gasteiger charge is -2.35. The summed E-state index contributed by atoms with van der Waals surface area (Å²) in [6.45, 7) is 7.34. The minimum atomic E-state index is -0.0724. The van der Waals surface area contributed by atoms with Crippen LogP contribution in [0.4, 0.5) is 11.5 Å². The minimum absolute atomic E-state index is 0.0724. The highest BCUT2D eigenvalue weighted by Gasteiger charge is 2.45. The van der Waals surface area contributed by atoms with Crippen LogP contribution in [0, 0.1) is 6.92 Å². The maximum atomic E-state index is 13.1. The number of benzene rings is 2. The number of carbonyl (C=O) groups is 1. The van der Waals surface area contributed by atoms with Crippen LogP contribution in [0.2, 0.25) is 5.02 Å². The summed E-state index contributed by atoms with van der Waals surface area (Å²) >= 11 is 6.75. The fourth-order valence-electron chi connectivity index (χ4n) is 8.21. The molecule has 4 aliphatic heterocycles. The Bertz CT molecular complexity index is 1860. The number of hydrogen-bond donors (Lipinski definition) is 0. The summed E-state index contributed by atoms with van der Waals surface area (Å²) in [5.74, 6) is 1.69. The largest absolute Gasteiger partial charge is 0.461 e. The summed E-state index contributed by atoms with van der Waals surface area (Å²) in [6, 6.07) is 13.0. The van der Waals surface area contributed by atoms with E-state index in [1.807, 2.05) is 17.0 Å². The molecule has 0 bridgehead atoms. The maximum absolute atomic E-state index is 13.1. The van der Waals surface area contributed by atoms with Crippen LogP contribution in [0.5, 0.6) is 6.01 Å². The van der Waals surface area contributed by atoms with E-state index in [9.17, 15) is 4.79 Å².